The summed E-state index contributed by atoms with van der Waals surface area (Å²) in [6.07, 6.45) is 0. The summed E-state index contributed by atoms with van der Waals surface area (Å²) < 4.78 is 5.23. The van der Waals surface area contributed by atoms with E-state index in [1.807, 2.05) is 48.5 Å². The smallest absolute Gasteiger partial charge is 0.218 e. The van der Waals surface area contributed by atoms with Crippen molar-refractivity contribution in [2.24, 2.45) is 0 Å². The quantitative estimate of drug-likeness (QED) is 0.450. The molecule has 0 saturated carbocycles. The lowest BCUT2D eigenvalue weighted by atomic mass is 9.97. The van der Waals surface area contributed by atoms with Crippen molar-refractivity contribution in [2.75, 3.05) is 5.73 Å². The molecule has 0 atom stereocenters. The molecule has 0 saturated heterocycles. The SMILES string of the molecule is Nc1ccc2ccccc2c1C(=O)c1noc2ccccc12. The predicted molar refractivity (Wildman–Crippen MR) is 85.8 cm³/mol. The molecule has 0 fully saturated rings. The van der Waals surface area contributed by atoms with Crippen molar-refractivity contribution in [3.05, 3.63) is 71.9 Å². The molecule has 0 amide bonds. The van der Waals surface area contributed by atoms with Crippen LogP contribution in [0.5, 0.6) is 0 Å². The fourth-order valence-electron chi connectivity index (χ4n) is 2.71. The minimum atomic E-state index is -0.223. The number of carbonyl (C=O) groups excluding carboxylic acids is 1. The van der Waals surface area contributed by atoms with E-state index in [-0.39, 0.29) is 5.78 Å². The van der Waals surface area contributed by atoms with Crippen LogP contribution in [0.2, 0.25) is 0 Å². The zero-order valence-corrected chi connectivity index (χ0v) is 11.6. The number of nitrogens with zero attached hydrogens (tertiary/aromatic N) is 1. The van der Waals surface area contributed by atoms with Gasteiger partial charge in [0.25, 0.3) is 0 Å². The van der Waals surface area contributed by atoms with Crippen molar-refractivity contribution >= 4 is 33.2 Å². The second-order valence-corrected chi connectivity index (χ2v) is 5.11. The minimum absolute atomic E-state index is 0.223. The highest BCUT2D eigenvalue weighted by molar-refractivity contribution is 6.22. The highest BCUT2D eigenvalue weighted by Gasteiger charge is 2.21. The van der Waals surface area contributed by atoms with Gasteiger partial charge >= 0.3 is 0 Å². The number of nitrogens with two attached hydrogens (primary N) is 1. The zero-order valence-electron chi connectivity index (χ0n) is 11.6. The molecule has 3 aromatic carbocycles. The van der Waals surface area contributed by atoms with Crippen LogP contribution < -0.4 is 5.73 Å². The first-order valence-electron chi connectivity index (χ1n) is 6.92. The van der Waals surface area contributed by atoms with Crippen LogP contribution >= 0.6 is 0 Å². The van der Waals surface area contributed by atoms with Gasteiger partial charge in [-0.3, -0.25) is 4.79 Å². The van der Waals surface area contributed by atoms with Crippen molar-refractivity contribution in [2.45, 2.75) is 0 Å². The largest absolute Gasteiger partial charge is 0.398 e. The molecule has 4 aromatic rings. The highest BCUT2D eigenvalue weighted by Crippen LogP contribution is 2.28. The number of ketones is 1. The number of hydrogen-bond acceptors (Lipinski definition) is 4. The van der Waals surface area contributed by atoms with Crippen molar-refractivity contribution in [3.8, 4) is 0 Å². The van der Waals surface area contributed by atoms with E-state index in [1.54, 1.807) is 12.1 Å². The lowest BCUT2D eigenvalue weighted by Crippen LogP contribution is -2.07. The van der Waals surface area contributed by atoms with E-state index in [0.717, 1.165) is 10.8 Å². The molecule has 2 N–H and O–H groups in total. The predicted octanol–water partition coefficient (Wildman–Crippen LogP) is 3.79. The summed E-state index contributed by atoms with van der Waals surface area (Å²) in [5, 5.41) is 6.42. The second kappa shape index (κ2) is 4.70. The molecule has 4 rings (SSSR count). The lowest BCUT2D eigenvalue weighted by Gasteiger charge is -2.07. The van der Waals surface area contributed by atoms with E-state index in [2.05, 4.69) is 5.16 Å². The van der Waals surface area contributed by atoms with Crippen molar-refractivity contribution in [3.63, 3.8) is 0 Å². The van der Waals surface area contributed by atoms with Crippen LogP contribution in [0.25, 0.3) is 21.7 Å². The van der Waals surface area contributed by atoms with Gasteiger partial charge in [0.2, 0.25) is 5.78 Å². The van der Waals surface area contributed by atoms with Crippen molar-refractivity contribution < 1.29 is 9.32 Å². The maximum absolute atomic E-state index is 13.0. The third-order valence-electron chi connectivity index (χ3n) is 3.78. The van der Waals surface area contributed by atoms with Crippen LogP contribution in [0.4, 0.5) is 5.69 Å². The number of para-hydroxylation sites is 1. The molecule has 106 valence electrons. The topological polar surface area (TPSA) is 69.1 Å². The van der Waals surface area contributed by atoms with E-state index < -0.39 is 0 Å². The number of nitrogen functional groups attached to an aromatic ring is 1. The summed E-state index contributed by atoms with van der Waals surface area (Å²) in [7, 11) is 0. The molecule has 22 heavy (non-hydrogen) atoms. The molecule has 1 heterocycles. The average Bonchev–Trinajstić information content (AvgIpc) is 2.98. The molecule has 0 bridgehead atoms. The molecular weight excluding hydrogens is 276 g/mol. The van der Waals surface area contributed by atoms with Crippen LogP contribution in [0.1, 0.15) is 16.1 Å². The number of aromatic nitrogens is 1. The first kappa shape index (κ1) is 12.6. The van der Waals surface area contributed by atoms with Gasteiger partial charge in [0.15, 0.2) is 11.3 Å². The van der Waals surface area contributed by atoms with Gasteiger partial charge < -0.3 is 10.3 Å². The van der Waals surface area contributed by atoms with Gasteiger partial charge in [-0.25, -0.2) is 0 Å². The van der Waals surface area contributed by atoms with Gasteiger partial charge in [-0.2, -0.15) is 0 Å². The fourth-order valence-corrected chi connectivity index (χ4v) is 2.71. The number of hydrogen-bond donors (Lipinski definition) is 1. The third-order valence-corrected chi connectivity index (χ3v) is 3.78. The zero-order chi connectivity index (χ0) is 15.1. The first-order chi connectivity index (χ1) is 10.8. The second-order valence-electron chi connectivity index (χ2n) is 5.11. The van der Waals surface area contributed by atoms with Crippen LogP contribution in [0, 0.1) is 0 Å². The Morgan fingerprint density at radius 2 is 1.64 bits per heavy atom. The standard InChI is InChI=1S/C18H12N2O2/c19-14-10-9-11-5-1-2-6-12(11)16(14)18(21)17-13-7-3-4-8-15(13)22-20-17/h1-10H,19H2. The Morgan fingerprint density at radius 3 is 2.50 bits per heavy atom. The summed E-state index contributed by atoms with van der Waals surface area (Å²) in [6.45, 7) is 0. The van der Waals surface area contributed by atoms with E-state index in [4.69, 9.17) is 10.3 Å². The van der Waals surface area contributed by atoms with E-state index >= 15 is 0 Å². The number of benzene rings is 3. The van der Waals surface area contributed by atoms with Gasteiger partial charge in [0.05, 0.1) is 10.9 Å². The van der Waals surface area contributed by atoms with E-state index in [1.165, 1.54) is 0 Å². The van der Waals surface area contributed by atoms with Crippen LogP contribution in [0.3, 0.4) is 0 Å². The monoisotopic (exact) mass is 288 g/mol. The summed E-state index contributed by atoms with van der Waals surface area (Å²) in [5.74, 6) is -0.223. The Labute approximate surface area is 126 Å². The Balaban J connectivity index is 1.99. The van der Waals surface area contributed by atoms with Crippen molar-refractivity contribution in [1.29, 1.82) is 0 Å². The van der Waals surface area contributed by atoms with Gasteiger partial charge in [0.1, 0.15) is 0 Å². The van der Waals surface area contributed by atoms with Crippen LogP contribution in [-0.4, -0.2) is 10.9 Å². The fraction of sp³-hybridized carbons (Fsp3) is 0. The number of anilines is 1. The van der Waals surface area contributed by atoms with Crippen LogP contribution in [0.15, 0.2) is 65.2 Å². The third kappa shape index (κ3) is 1.78. The normalized spacial score (nSPS) is 11.1. The molecule has 0 aliphatic heterocycles. The van der Waals surface area contributed by atoms with Gasteiger partial charge in [-0.15, -0.1) is 0 Å². The van der Waals surface area contributed by atoms with Gasteiger partial charge in [0, 0.05) is 5.69 Å². The summed E-state index contributed by atoms with van der Waals surface area (Å²) in [5.41, 5.74) is 7.85. The maximum atomic E-state index is 13.0. The molecule has 0 spiro atoms. The van der Waals surface area contributed by atoms with Gasteiger partial charge in [-0.1, -0.05) is 47.6 Å². The molecule has 0 radical (unpaired) electrons. The lowest BCUT2D eigenvalue weighted by molar-refractivity contribution is 0.103. The average molecular weight is 288 g/mol. The summed E-state index contributed by atoms with van der Waals surface area (Å²) in [4.78, 5) is 13.0. The van der Waals surface area contributed by atoms with Crippen LogP contribution in [-0.2, 0) is 0 Å². The Morgan fingerprint density at radius 1 is 0.909 bits per heavy atom. The number of carbonyl (C=O) groups is 1. The molecule has 0 unspecified atom stereocenters. The number of rotatable bonds is 2. The van der Waals surface area contributed by atoms with Crippen molar-refractivity contribution in [1.82, 2.24) is 5.16 Å². The van der Waals surface area contributed by atoms with Gasteiger partial charge in [-0.05, 0) is 29.0 Å². The first-order valence-corrected chi connectivity index (χ1v) is 6.92. The van der Waals surface area contributed by atoms with E-state index in [9.17, 15) is 4.79 Å². The van der Waals surface area contributed by atoms with E-state index in [0.29, 0.717) is 27.9 Å². The minimum Gasteiger partial charge on any atom is -0.398 e. The molecular formula is C18H12N2O2. The highest BCUT2D eigenvalue weighted by atomic mass is 16.5. The Hall–Kier alpha value is -3.14. The Kier molecular flexibility index (Phi) is 2.69. The summed E-state index contributed by atoms with van der Waals surface area (Å²) >= 11 is 0. The molecule has 4 nitrogen and oxygen atoms in total. The Bertz CT molecular complexity index is 1020. The molecule has 0 aliphatic carbocycles. The maximum Gasteiger partial charge on any atom is 0.218 e. The molecule has 4 heteroatoms. The summed E-state index contributed by atoms with van der Waals surface area (Å²) in [6, 6.07) is 18.6. The molecule has 0 aliphatic rings. The number of fused-ring (bicyclic) bond motifs is 2. The molecule has 1 aromatic heterocycles.